The predicted octanol–water partition coefficient (Wildman–Crippen LogP) is 2.59. The average molecular weight is 314 g/mol. The van der Waals surface area contributed by atoms with Crippen LogP contribution in [0.25, 0.3) is 0 Å². The van der Waals surface area contributed by atoms with Gasteiger partial charge in [0.25, 0.3) is 0 Å². The van der Waals surface area contributed by atoms with Crippen molar-refractivity contribution in [3.8, 4) is 11.5 Å². The highest BCUT2D eigenvalue weighted by molar-refractivity contribution is 5.93. The minimum Gasteiger partial charge on any atom is -0.497 e. The van der Waals surface area contributed by atoms with Crippen LogP contribution in [0.1, 0.15) is 12.8 Å². The van der Waals surface area contributed by atoms with E-state index in [1.165, 1.54) is 0 Å². The van der Waals surface area contributed by atoms with Gasteiger partial charge in [0.15, 0.2) is 11.6 Å². The van der Waals surface area contributed by atoms with Gasteiger partial charge < -0.3 is 20.1 Å². The maximum Gasteiger partial charge on any atom is 0.228 e. The van der Waals surface area contributed by atoms with Crippen LogP contribution in [0.4, 0.5) is 17.3 Å². The van der Waals surface area contributed by atoms with Crippen LogP contribution in [-0.2, 0) is 4.79 Å². The Kier molecular flexibility index (Phi) is 4.27. The molecule has 120 valence electrons. The number of carbonyl (C=O) groups excluding carboxylic acids is 1. The number of amides is 1. The Morgan fingerprint density at radius 3 is 2.43 bits per heavy atom. The van der Waals surface area contributed by atoms with Gasteiger partial charge >= 0.3 is 0 Å². The molecule has 0 atom stereocenters. The molecule has 0 radical (unpaired) electrons. The fraction of sp³-hybridized carbons (Fsp3) is 0.312. The van der Waals surface area contributed by atoms with Crippen LogP contribution in [-0.4, -0.2) is 30.3 Å². The normalized spacial score (nSPS) is 13.3. The Labute approximate surface area is 134 Å². The van der Waals surface area contributed by atoms with Crippen molar-refractivity contribution in [2.24, 2.45) is 5.92 Å². The summed E-state index contributed by atoms with van der Waals surface area (Å²) in [7, 11) is 3.18. The van der Waals surface area contributed by atoms with Gasteiger partial charge in [-0.25, -0.2) is 0 Å². The number of hydrogen-bond donors (Lipinski definition) is 2. The Morgan fingerprint density at radius 2 is 1.83 bits per heavy atom. The van der Waals surface area contributed by atoms with Crippen LogP contribution in [0.15, 0.2) is 30.3 Å². The van der Waals surface area contributed by atoms with Gasteiger partial charge in [-0.15, -0.1) is 10.2 Å². The Balaban J connectivity index is 1.69. The topological polar surface area (TPSA) is 85.4 Å². The van der Waals surface area contributed by atoms with E-state index in [0.29, 0.717) is 23.1 Å². The van der Waals surface area contributed by atoms with Crippen molar-refractivity contribution in [1.82, 2.24) is 10.2 Å². The molecule has 0 aliphatic heterocycles. The second-order valence-electron chi connectivity index (χ2n) is 5.26. The van der Waals surface area contributed by atoms with E-state index in [1.54, 1.807) is 32.4 Å². The summed E-state index contributed by atoms with van der Waals surface area (Å²) in [5.74, 6) is 2.50. The van der Waals surface area contributed by atoms with E-state index in [2.05, 4.69) is 20.8 Å². The zero-order valence-corrected chi connectivity index (χ0v) is 13.0. The molecular weight excluding hydrogens is 296 g/mol. The molecule has 2 N–H and O–H groups in total. The van der Waals surface area contributed by atoms with Crippen LogP contribution in [0.2, 0.25) is 0 Å². The van der Waals surface area contributed by atoms with Gasteiger partial charge in [0.2, 0.25) is 5.91 Å². The van der Waals surface area contributed by atoms with Gasteiger partial charge in [-0.1, -0.05) is 0 Å². The van der Waals surface area contributed by atoms with Crippen molar-refractivity contribution in [3.63, 3.8) is 0 Å². The van der Waals surface area contributed by atoms with Gasteiger partial charge in [-0.3, -0.25) is 4.79 Å². The van der Waals surface area contributed by atoms with Crippen LogP contribution < -0.4 is 20.1 Å². The van der Waals surface area contributed by atoms with Crippen molar-refractivity contribution in [1.29, 1.82) is 0 Å². The van der Waals surface area contributed by atoms with Crippen molar-refractivity contribution in [2.45, 2.75) is 12.8 Å². The molecule has 0 unspecified atom stereocenters. The number of nitrogens with zero attached hydrogens (tertiary/aromatic N) is 2. The Morgan fingerprint density at radius 1 is 1.09 bits per heavy atom. The van der Waals surface area contributed by atoms with E-state index in [1.807, 2.05) is 12.1 Å². The second-order valence-corrected chi connectivity index (χ2v) is 5.26. The van der Waals surface area contributed by atoms with Gasteiger partial charge in [-0.2, -0.15) is 0 Å². The van der Waals surface area contributed by atoms with Crippen LogP contribution in [0.3, 0.4) is 0 Å². The monoisotopic (exact) mass is 314 g/mol. The molecule has 1 heterocycles. The molecule has 1 aromatic carbocycles. The lowest BCUT2D eigenvalue weighted by atomic mass is 10.2. The molecule has 1 aliphatic rings. The van der Waals surface area contributed by atoms with Crippen molar-refractivity contribution in [2.75, 3.05) is 24.9 Å². The average Bonchev–Trinajstić information content (AvgIpc) is 3.42. The van der Waals surface area contributed by atoms with Crippen molar-refractivity contribution in [3.05, 3.63) is 30.3 Å². The number of carbonyl (C=O) groups is 1. The summed E-state index contributed by atoms with van der Waals surface area (Å²) < 4.78 is 10.5. The molecular formula is C16H18N4O3. The molecule has 0 saturated heterocycles. The molecule has 1 aliphatic carbocycles. The van der Waals surface area contributed by atoms with Gasteiger partial charge in [0, 0.05) is 12.0 Å². The lowest BCUT2D eigenvalue weighted by Crippen LogP contribution is -2.14. The number of hydrogen-bond acceptors (Lipinski definition) is 6. The first-order valence-corrected chi connectivity index (χ1v) is 7.33. The highest BCUT2D eigenvalue weighted by atomic mass is 16.5. The molecule has 3 rings (SSSR count). The largest absolute Gasteiger partial charge is 0.497 e. The van der Waals surface area contributed by atoms with E-state index >= 15 is 0 Å². The molecule has 1 aromatic heterocycles. The number of aromatic nitrogens is 2. The number of rotatable bonds is 6. The van der Waals surface area contributed by atoms with Crippen LogP contribution >= 0.6 is 0 Å². The Bertz CT molecular complexity index is 699. The molecule has 2 aromatic rings. The number of nitrogens with one attached hydrogen (secondary N) is 2. The summed E-state index contributed by atoms with van der Waals surface area (Å²) in [6.45, 7) is 0. The first-order valence-electron chi connectivity index (χ1n) is 7.33. The van der Waals surface area contributed by atoms with Gasteiger partial charge in [0.1, 0.15) is 11.5 Å². The van der Waals surface area contributed by atoms with Crippen molar-refractivity contribution < 1.29 is 14.3 Å². The molecule has 0 spiro atoms. The molecule has 0 bridgehead atoms. The molecule has 1 fully saturated rings. The van der Waals surface area contributed by atoms with Crippen LogP contribution in [0.5, 0.6) is 11.5 Å². The van der Waals surface area contributed by atoms with E-state index in [-0.39, 0.29) is 11.8 Å². The third-order valence-corrected chi connectivity index (χ3v) is 3.54. The minimum atomic E-state index is 0.0110. The second kappa shape index (κ2) is 6.51. The number of benzene rings is 1. The highest BCUT2D eigenvalue weighted by Crippen LogP contribution is 2.31. The zero-order valence-electron chi connectivity index (χ0n) is 13.0. The maximum absolute atomic E-state index is 11.7. The fourth-order valence-electron chi connectivity index (χ4n) is 2.08. The van der Waals surface area contributed by atoms with Crippen LogP contribution in [0, 0.1) is 5.92 Å². The lowest BCUT2D eigenvalue weighted by molar-refractivity contribution is -0.117. The summed E-state index contributed by atoms with van der Waals surface area (Å²) in [6, 6.07) is 8.90. The van der Waals surface area contributed by atoms with Gasteiger partial charge in [-0.05, 0) is 37.1 Å². The first-order chi connectivity index (χ1) is 11.2. The fourth-order valence-corrected chi connectivity index (χ4v) is 2.08. The zero-order chi connectivity index (χ0) is 16.2. The summed E-state index contributed by atoms with van der Waals surface area (Å²) in [5.41, 5.74) is 0.748. The quantitative estimate of drug-likeness (QED) is 0.852. The smallest absolute Gasteiger partial charge is 0.228 e. The third-order valence-electron chi connectivity index (χ3n) is 3.54. The predicted molar refractivity (Wildman–Crippen MR) is 86.2 cm³/mol. The van der Waals surface area contributed by atoms with Crippen molar-refractivity contribution >= 4 is 23.2 Å². The van der Waals surface area contributed by atoms with E-state index < -0.39 is 0 Å². The molecule has 7 nitrogen and oxygen atoms in total. The summed E-state index contributed by atoms with van der Waals surface area (Å²) >= 11 is 0. The molecule has 1 amide bonds. The summed E-state index contributed by atoms with van der Waals surface area (Å²) in [5, 5.41) is 13.9. The number of anilines is 3. The number of ether oxygens (including phenoxy) is 2. The molecule has 23 heavy (non-hydrogen) atoms. The first kappa shape index (κ1) is 15.1. The molecule has 1 saturated carbocycles. The maximum atomic E-state index is 11.7. The van der Waals surface area contributed by atoms with E-state index in [4.69, 9.17) is 9.47 Å². The summed E-state index contributed by atoms with van der Waals surface area (Å²) in [6.07, 6.45) is 1.91. The third kappa shape index (κ3) is 3.68. The minimum absolute atomic E-state index is 0.0110. The number of methoxy groups -OCH3 is 2. The lowest BCUT2D eigenvalue weighted by Gasteiger charge is -2.12. The van der Waals surface area contributed by atoms with E-state index in [9.17, 15) is 4.79 Å². The Hall–Kier alpha value is -2.83. The highest BCUT2D eigenvalue weighted by Gasteiger charge is 2.29. The molecule has 7 heteroatoms. The standard InChI is InChI=1S/C16H18N4O3/c1-22-11-5-6-12(13(9-11)23-2)17-14-7-8-15(20-19-14)18-16(21)10-3-4-10/h5-10H,3-4H2,1-2H3,(H,17,19)(H,18,20,21). The SMILES string of the molecule is COc1ccc(Nc2ccc(NC(=O)C3CC3)nn2)c(OC)c1. The summed E-state index contributed by atoms with van der Waals surface area (Å²) in [4.78, 5) is 11.7. The van der Waals surface area contributed by atoms with Gasteiger partial charge in [0.05, 0.1) is 19.9 Å². The van der Waals surface area contributed by atoms with E-state index in [0.717, 1.165) is 18.5 Å².